The number of methoxy groups -OCH3 is 2. The minimum absolute atomic E-state index is 0.230. The van der Waals surface area contributed by atoms with Crippen molar-refractivity contribution in [3.05, 3.63) is 36.1 Å². The van der Waals surface area contributed by atoms with Crippen LogP contribution in [0.3, 0.4) is 0 Å². The van der Waals surface area contributed by atoms with Crippen molar-refractivity contribution in [3.8, 4) is 11.5 Å². The number of benzene rings is 1. The van der Waals surface area contributed by atoms with Crippen molar-refractivity contribution in [2.75, 3.05) is 20.8 Å². The van der Waals surface area contributed by atoms with Crippen LogP contribution >= 0.6 is 11.6 Å². The van der Waals surface area contributed by atoms with E-state index in [9.17, 15) is 4.79 Å². The van der Waals surface area contributed by atoms with Crippen molar-refractivity contribution in [2.45, 2.75) is 6.92 Å². The molecular formula is C14H17ClO4. The fraction of sp³-hybridized carbons (Fsp3) is 0.357. The predicted octanol–water partition coefficient (Wildman–Crippen LogP) is 3.25. The lowest BCUT2D eigenvalue weighted by atomic mass is 10.2. The van der Waals surface area contributed by atoms with E-state index in [2.05, 4.69) is 0 Å². The van der Waals surface area contributed by atoms with Gasteiger partial charge in [-0.25, -0.2) is 0 Å². The van der Waals surface area contributed by atoms with Gasteiger partial charge in [-0.1, -0.05) is 6.92 Å². The lowest BCUT2D eigenvalue weighted by Crippen LogP contribution is -2.00. The second-order valence-electron chi connectivity index (χ2n) is 4.02. The maximum atomic E-state index is 11.1. The summed E-state index contributed by atoms with van der Waals surface area (Å²) in [5.41, 5.74) is 0.357. The minimum atomic E-state index is -0.538. The molecule has 1 atom stereocenters. The van der Waals surface area contributed by atoms with Crippen molar-refractivity contribution >= 4 is 16.8 Å². The molecule has 0 amide bonds. The highest BCUT2D eigenvalue weighted by molar-refractivity contribution is 6.67. The van der Waals surface area contributed by atoms with E-state index in [-0.39, 0.29) is 5.92 Å². The zero-order valence-electron chi connectivity index (χ0n) is 11.2. The normalized spacial score (nSPS) is 12.4. The maximum Gasteiger partial charge on any atom is 0.252 e. The Bertz CT molecular complexity index is 457. The van der Waals surface area contributed by atoms with E-state index in [1.165, 1.54) is 7.11 Å². The van der Waals surface area contributed by atoms with Gasteiger partial charge in [0.1, 0.15) is 0 Å². The molecule has 0 spiro atoms. The van der Waals surface area contributed by atoms with Crippen LogP contribution in [0.15, 0.2) is 30.5 Å². The molecule has 1 aromatic carbocycles. The van der Waals surface area contributed by atoms with Gasteiger partial charge in [-0.2, -0.15) is 0 Å². The predicted molar refractivity (Wildman–Crippen MR) is 74.0 cm³/mol. The SMILES string of the molecule is COCC(C)C=COc1cc(C(=O)Cl)ccc1OC. The quantitative estimate of drug-likeness (QED) is 0.569. The Labute approximate surface area is 117 Å². The van der Waals surface area contributed by atoms with Gasteiger partial charge in [-0.3, -0.25) is 4.79 Å². The first-order valence-corrected chi connectivity index (χ1v) is 6.16. The second kappa shape index (κ2) is 7.81. The van der Waals surface area contributed by atoms with Gasteiger partial charge in [-0.05, 0) is 35.9 Å². The summed E-state index contributed by atoms with van der Waals surface area (Å²) >= 11 is 5.43. The van der Waals surface area contributed by atoms with E-state index in [0.29, 0.717) is 23.7 Å². The first-order chi connectivity index (χ1) is 9.08. The van der Waals surface area contributed by atoms with Crippen LogP contribution in [0.5, 0.6) is 11.5 Å². The van der Waals surface area contributed by atoms with E-state index >= 15 is 0 Å². The zero-order chi connectivity index (χ0) is 14.3. The Morgan fingerprint density at radius 1 is 1.37 bits per heavy atom. The third-order valence-corrected chi connectivity index (χ3v) is 2.64. The molecule has 1 aromatic rings. The van der Waals surface area contributed by atoms with Gasteiger partial charge in [0, 0.05) is 18.6 Å². The first-order valence-electron chi connectivity index (χ1n) is 5.78. The average molecular weight is 285 g/mol. The molecule has 0 bridgehead atoms. The lowest BCUT2D eigenvalue weighted by Gasteiger charge is -2.09. The molecular weight excluding hydrogens is 268 g/mol. The summed E-state index contributed by atoms with van der Waals surface area (Å²) in [6.45, 7) is 2.61. The van der Waals surface area contributed by atoms with Crippen molar-refractivity contribution < 1.29 is 19.0 Å². The molecule has 0 aliphatic rings. The second-order valence-corrected chi connectivity index (χ2v) is 4.36. The van der Waals surface area contributed by atoms with E-state index in [4.69, 9.17) is 25.8 Å². The van der Waals surface area contributed by atoms with E-state index in [1.807, 2.05) is 13.0 Å². The fourth-order valence-corrected chi connectivity index (χ4v) is 1.57. The highest BCUT2D eigenvalue weighted by Gasteiger charge is 2.08. The molecule has 5 heteroatoms. The molecule has 19 heavy (non-hydrogen) atoms. The Hall–Kier alpha value is -1.52. The maximum absolute atomic E-state index is 11.1. The van der Waals surface area contributed by atoms with Gasteiger partial charge in [-0.15, -0.1) is 0 Å². The monoisotopic (exact) mass is 284 g/mol. The first kappa shape index (κ1) is 15.5. The highest BCUT2D eigenvalue weighted by Crippen LogP contribution is 2.28. The summed E-state index contributed by atoms with van der Waals surface area (Å²) in [5, 5.41) is -0.538. The van der Waals surface area contributed by atoms with Crippen LogP contribution in [0.25, 0.3) is 0 Å². The van der Waals surface area contributed by atoms with Crippen LogP contribution in [0.4, 0.5) is 0 Å². The third-order valence-electron chi connectivity index (χ3n) is 2.42. The van der Waals surface area contributed by atoms with Crippen LogP contribution in [-0.4, -0.2) is 26.1 Å². The van der Waals surface area contributed by atoms with Crippen LogP contribution in [-0.2, 0) is 4.74 Å². The van der Waals surface area contributed by atoms with Crippen molar-refractivity contribution in [1.29, 1.82) is 0 Å². The number of rotatable bonds is 7. The summed E-state index contributed by atoms with van der Waals surface area (Å²) in [5.74, 6) is 1.20. The Kier molecular flexibility index (Phi) is 6.39. The smallest absolute Gasteiger partial charge is 0.252 e. The molecule has 0 aliphatic heterocycles. The van der Waals surface area contributed by atoms with Gasteiger partial charge in [0.05, 0.1) is 20.0 Å². The van der Waals surface area contributed by atoms with E-state index in [0.717, 1.165) is 0 Å². The molecule has 104 valence electrons. The highest BCUT2D eigenvalue weighted by atomic mass is 35.5. The van der Waals surface area contributed by atoms with Gasteiger partial charge >= 0.3 is 0 Å². The average Bonchev–Trinajstić information content (AvgIpc) is 2.38. The molecule has 1 rings (SSSR count). The molecule has 0 heterocycles. The molecule has 0 aliphatic carbocycles. The Morgan fingerprint density at radius 2 is 2.11 bits per heavy atom. The van der Waals surface area contributed by atoms with Crippen LogP contribution in [0.1, 0.15) is 17.3 Å². The van der Waals surface area contributed by atoms with Crippen molar-refractivity contribution in [2.24, 2.45) is 5.92 Å². The molecule has 4 nitrogen and oxygen atoms in total. The molecule has 0 saturated heterocycles. The number of hydrogen-bond donors (Lipinski definition) is 0. The Morgan fingerprint density at radius 3 is 2.68 bits per heavy atom. The standard InChI is InChI=1S/C14H17ClO4/c1-10(9-17-2)6-7-19-13-8-11(14(15)16)4-5-12(13)18-3/h4-8,10H,9H2,1-3H3. The van der Waals surface area contributed by atoms with Crippen molar-refractivity contribution in [1.82, 2.24) is 0 Å². The molecule has 0 radical (unpaired) electrons. The largest absolute Gasteiger partial charge is 0.493 e. The molecule has 0 fully saturated rings. The number of ether oxygens (including phenoxy) is 3. The van der Waals surface area contributed by atoms with Gasteiger partial charge in [0.25, 0.3) is 5.24 Å². The Balaban J connectivity index is 2.80. The number of carbonyl (C=O) groups excluding carboxylic acids is 1. The number of halogens is 1. The van der Waals surface area contributed by atoms with Gasteiger partial charge < -0.3 is 14.2 Å². The van der Waals surface area contributed by atoms with E-state index in [1.54, 1.807) is 31.6 Å². The van der Waals surface area contributed by atoms with Gasteiger partial charge in [0.2, 0.25) is 0 Å². The summed E-state index contributed by atoms with van der Waals surface area (Å²) in [7, 11) is 3.17. The molecule has 0 saturated carbocycles. The molecule has 0 N–H and O–H groups in total. The molecule has 0 aromatic heterocycles. The zero-order valence-corrected chi connectivity index (χ0v) is 11.9. The van der Waals surface area contributed by atoms with Crippen molar-refractivity contribution in [3.63, 3.8) is 0 Å². The minimum Gasteiger partial charge on any atom is -0.493 e. The van der Waals surface area contributed by atoms with Crippen LogP contribution in [0, 0.1) is 5.92 Å². The summed E-state index contributed by atoms with van der Waals surface area (Å²) in [4.78, 5) is 11.1. The summed E-state index contributed by atoms with van der Waals surface area (Å²) in [6, 6.07) is 4.76. The number of carbonyl (C=O) groups is 1. The fourth-order valence-electron chi connectivity index (χ4n) is 1.46. The van der Waals surface area contributed by atoms with Gasteiger partial charge in [0.15, 0.2) is 11.5 Å². The number of hydrogen-bond acceptors (Lipinski definition) is 4. The lowest BCUT2D eigenvalue weighted by molar-refractivity contribution is 0.108. The third kappa shape index (κ3) is 4.93. The molecule has 1 unspecified atom stereocenters. The summed E-state index contributed by atoms with van der Waals surface area (Å²) in [6.07, 6.45) is 3.40. The van der Waals surface area contributed by atoms with Crippen LogP contribution < -0.4 is 9.47 Å². The topological polar surface area (TPSA) is 44.8 Å². The van der Waals surface area contributed by atoms with Crippen LogP contribution in [0.2, 0.25) is 0 Å². The summed E-state index contributed by atoms with van der Waals surface area (Å²) < 4.78 is 15.6. The van der Waals surface area contributed by atoms with E-state index < -0.39 is 5.24 Å².